The standard InChI is InChI=1S/C25H23N5OS/c1-3-4-15-30-24(31)20-21(17-11-7-5-8-12-17)28-23(32-2)19(16-26)22(20)29-25(30)27-18-13-9-6-10-14-18/h5-14H,3-4,15H2,1-2H3,(H,27,29). The lowest BCUT2D eigenvalue weighted by molar-refractivity contribution is 0.616. The molecule has 7 heteroatoms. The average molecular weight is 442 g/mol. The highest BCUT2D eigenvalue weighted by molar-refractivity contribution is 7.98. The fraction of sp³-hybridized carbons (Fsp3) is 0.200. The van der Waals surface area contributed by atoms with E-state index in [9.17, 15) is 10.1 Å². The third kappa shape index (κ3) is 4.10. The molecule has 0 amide bonds. The van der Waals surface area contributed by atoms with Crippen LogP contribution in [-0.4, -0.2) is 20.8 Å². The molecule has 0 unspecified atom stereocenters. The Balaban J connectivity index is 2.07. The van der Waals surface area contributed by atoms with Gasteiger partial charge < -0.3 is 5.32 Å². The first-order valence-electron chi connectivity index (χ1n) is 10.5. The van der Waals surface area contributed by atoms with Gasteiger partial charge in [-0.2, -0.15) is 5.26 Å². The Bertz CT molecular complexity index is 1340. The average Bonchev–Trinajstić information content (AvgIpc) is 2.84. The minimum atomic E-state index is -0.197. The number of thioether (sulfide) groups is 1. The lowest BCUT2D eigenvalue weighted by Gasteiger charge is -2.17. The van der Waals surface area contributed by atoms with Crippen LogP contribution in [0.3, 0.4) is 0 Å². The van der Waals surface area contributed by atoms with Crippen LogP contribution in [0.2, 0.25) is 0 Å². The number of nitrogens with one attached hydrogen (secondary N) is 1. The number of hydrogen-bond acceptors (Lipinski definition) is 6. The lowest BCUT2D eigenvalue weighted by atomic mass is 10.1. The van der Waals surface area contributed by atoms with Crippen molar-refractivity contribution in [2.75, 3.05) is 11.6 Å². The second-order valence-electron chi connectivity index (χ2n) is 7.28. The van der Waals surface area contributed by atoms with E-state index < -0.39 is 0 Å². The molecule has 0 aliphatic heterocycles. The molecule has 2 heterocycles. The van der Waals surface area contributed by atoms with Gasteiger partial charge in [-0.25, -0.2) is 9.97 Å². The van der Waals surface area contributed by atoms with Crippen molar-refractivity contribution in [2.24, 2.45) is 0 Å². The molecule has 0 radical (unpaired) electrons. The Kier molecular flexibility index (Phi) is 6.52. The number of fused-ring (bicyclic) bond motifs is 1. The zero-order valence-electron chi connectivity index (χ0n) is 18.0. The van der Waals surface area contributed by atoms with Gasteiger partial charge in [0, 0.05) is 17.8 Å². The van der Waals surface area contributed by atoms with E-state index in [4.69, 9.17) is 9.97 Å². The summed E-state index contributed by atoms with van der Waals surface area (Å²) in [5, 5.41) is 14.1. The third-order valence-corrected chi connectivity index (χ3v) is 5.87. The van der Waals surface area contributed by atoms with Crippen molar-refractivity contribution in [1.82, 2.24) is 14.5 Å². The molecule has 160 valence electrons. The van der Waals surface area contributed by atoms with Gasteiger partial charge in [0.1, 0.15) is 22.2 Å². The number of aromatic nitrogens is 3. The maximum atomic E-state index is 13.8. The van der Waals surface area contributed by atoms with Crippen LogP contribution in [0.4, 0.5) is 11.6 Å². The topological polar surface area (TPSA) is 83.6 Å². The van der Waals surface area contributed by atoms with E-state index in [2.05, 4.69) is 18.3 Å². The normalized spacial score (nSPS) is 10.8. The van der Waals surface area contributed by atoms with Gasteiger partial charge in [-0.1, -0.05) is 61.9 Å². The van der Waals surface area contributed by atoms with Gasteiger partial charge in [0.2, 0.25) is 5.95 Å². The van der Waals surface area contributed by atoms with Crippen molar-refractivity contribution < 1.29 is 0 Å². The van der Waals surface area contributed by atoms with Crippen LogP contribution in [0.25, 0.3) is 22.2 Å². The highest BCUT2D eigenvalue weighted by Gasteiger charge is 2.22. The summed E-state index contributed by atoms with van der Waals surface area (Å²) in [5.41, 5.74) is 2.70. The lowest BCUT2D eigenvalue weighted by Crippen LogP contribution is -2.25. The first-order chi connectivity index (χ1) is 15.7. The van der Waals surface area contributed by atoms with Crippen molar-refractivity contribution in [2.45, 2.75) is 31.3 Å². The summed E-state index contributed by atoms with van der Waals surface area (Å²) in [6, 6.07) is 21.4. The van der Waals surface area contributed by atoms with E-state index >= 15 is 0 Å². The summed E-state index contributed by atoms with van der Waals surface area (Å²) >= 11 is 1.37. The molecule has 4 aromatic rings. The van der Waals surface area contributed by atoms with Crippen LogP contribution in [0, 0.1) is 11.3 Å². The molecule has 0 aliphatic rings. The Labute approximate surface area is 191 Å². The summed E-state index contributed by atoms with van der Waals surface area (Å²) in [7, 11) is 0. The van der Waals surface area contributed by atoms with Crippen LogP contribution >= 0.6 is 11.8 Å². The monoisotopic (exact) mass is 441 g/mol. The molecule has 32 heavy (non-hydrogen) atoms. The minimum Gasteiger partial charge on any atom is -0.326 e. The molecule has 1 N–H and O–H groups in total. The van der Waals surface area contributed by atoms with E-state index in [0.717, 1.165) is 24.1 Å². The zero-order valence-corrected chi connectivity index (χ0v) is 18.8. The predicted molar refractivity (Wildman–Crippen MR) is 130 cm³/mol. The predicted octanol–water partition coefficient (Wildman–Crippen LogP) is 5.60. The molecule has 2 aromatic carbocycles. The molecule has 6 nitrogen and oxygen atoms in total. The Morgan fingerprint density at radius 1 is 1.06 bits per heavy atom. The number of benzene rings is 2. The summed E-state index contributed by atoms with van der Waals surface area (Å²) in [6.07, 6.45) is 3.64. The van der Waals surface area contributed by atoms with Crippen molar-refractivity contribution in [3.8, 4) is 17.3 Å². The number of para-hydroxylation sites is 1. The molecule has 4 rings (SSSR count). The number of nitrogens with zero attached hydrogens (tertiary/aromatic N) is 4. The maximum Gasteiger partial charge on any atom is 0.265 e. The van der Waals surface area contributed by atoms with Gasteiger partial charge >= 0.3 is 0 Å². The SMILES string of the molecule is CCCCn1c(Nc2ccccc2)nc2c(C#N)c(SC)nc(-c3ccccc3)c2c1=O. The zero-order chi connectivity index (χ0) is 22.5. The van der Waals surface area contributed by atoms with Crippen molar-refractivity contribution >= 4 is 34.3 Å². The summed E-state index contributed by atoms with van der Waals surface area (Å²) in [6.45, 7) is 2.60. The highest BCUT2D eigenvalue weighted by Crippen LogP contribution is 2.32. The summed E-state index contributed by atoms with van der Waals surface area (Å²) in [4.78, 5) is 23.4. The Morgan fingerprint density at radius 2 is 1.75 bits per heavy atom. The van der Waals surface area contributed by atoms with E-state index in [-0.39, 0.29) is 5.56 Å². The summed E-state index contributed by atoms with van der Waals surface area (Å²) < 4.78 is 1.66. The van der Waals surface area contributed by atoms with E-state index in [0.29, 0.717) is 39.7 Å². The van der Waals surface area contributed by atoms with E-state index in [1.54, 1.807) is 4.57 Å². The van der Waals surface area contributed by atoms with Crippen LogP contribution in [0.1, 0.15) is 25.3 Å². The number of hydrogen-bond donors (Lipinski definition) is 1. The number of pyridine rings is 1. The molecular weight excluding hydrogens is 418 g/mol. The number of nitriles is 1. The van der Waals surface area contributed by atoms with Crippen molar-refractivity contribution in [3.63, 3.8) is 0 Å². The second kappa shape index (κ2) is 9.67. The molecule has 0 bridgehead atoms. The van der Waals surface area contributed by atoms with E-state index in [1.165, 1.54) is 11.8 Å². The molecule has 0 atom stereocenters. The molecule has 0 saturated heterocycles. The Hall–Kier alpha value is -3.63. The van der Waals surface area contributed by atoms with Gasteiger partial charge in [0.25, 0.3) is 5.56 Å². The van der Waals surface area contributed by atoms with Gasteiger partial charge in [-0.15, -0.1) is 11.8 Å². The molecule has 0 spiro atoms. The van der Waals surface area contributed by atoms with Gasteiger partial charge in [0.05, 0.1) is 11.1 Å². The van der Waals surface area contributed by atoms with Crippen molar-refractivity contribution in [3.05, 3.63) is 76.6 Å². The van der Waals surface area contributed by atoms with Gasteiger partial charge in [-0.05, 0) is 24.8 Å². The maximum absolute atomic E-state index is 13.8. The highest BCUT2D eigenvalue weighted by atomic mass is 32.2. The number of anilines is 2. The molecule has 2 aromatic heterocycles. The first-order valence-corrected chi connectivity index (χ1v) is 11.7. The van der Waals surface area contributed by atoms with Crippen LogP contribution < -0.4 is 10.9 Å². The summed E-state index contributed by atoms with van der Waals surface area (Å²) in [5.74, 6) is 0.427. The van der Waals surface area contributed by atoms with Crippen LogP contribution in [0.15, 0.2) is 70.5 Å². The molecule has 0 saturated carbocycles. The quantitative estimate of drug-likeness (QED) is 0.376. The van der Waals surface area contributed by atoms with Crippen LogP contribution in [-0.2, 0) is 6.54 Å². The largest absolute Gasteiger partial charge is 0.326 e. The molecular formula is C25H23N5OS. The van der Waals surface area contributed by atoms with Crippen molar-refractivity contribution in [1.29, 1.82) is 5.26 Å². The van der Waals surface area contributed by atoms with Gasteiger partial charge in [-0.3, -0.25) is 9.36 Å². The fourth-order valence-corrected chi connectivity index (χ4v) is 4.12. The van der Waals surface area contributed by atoms with Gasteiger partial charge in [0.15, 0.2) is 0 Å². The Morgan fingerprint density at radius 3 is 2.38 bits per heavy atom. The fourth-order valence-electron chi connectivity index (χ4n) is 3.59. The minimum absolute atomic E-state index is 0.197. The second-order valence-corrected chi connectivity index (χ2v) is 8.08. The smallest absolute Gasteiger partial charge is 0.265 e. The molecule has 0 fully saturated rings. The number of unbranched alkanes of at least 4 members (excludes halogenated alkanes) is 1. The van der Waals surface area contributed by atoms with Crippen LogP contribution in [0.5, 0.6) is 0 Å². The first kappa shape index (κ1) is 21.6. The molecule has 0 aliphatic carbocycles. The number of rotatable bonds is 7. The van der Waals surface area contributed by atoms with E-state index in [1.807, 2.05) is 66.9 Å². The third-order valence-electron chi connectivity index (χ3n) is 5.19.